The standard InChI is InChI=1S/C9H7N3O4/c1-4-11-6(3-16-4)7-10-2-5(9(14)15)8(13)12-7/h2-3H,1H3,(H,14,15)(H,10,12,13). The molecule has 0 unspecified atom stereocenters. The van der Waals surface area contributed by atoms with Crippen LogP contribution in [0.15, 0.2) is 21.7 Å². The van der Waals surface area contributed by atoms with E-state index in [0.717, 1.165) is 6.20 Å². The van der Waals surface area contributed by atoms with E-state index in [0.29, 0.717) is 11.6 Å². The van der Waals surface area contributed by atoms with Crippen molar-refractivity contribution < 1.29 is 14.3 Å². The Kier molecular flexibility index (Phi) is 2.28. The predicted molar refractivity (Wildman–Crippen MR) is 52.1 cm³/mol. The lowest BCUT2D eigenvalue weighted by atomic mass is 10.3. The van der Waals surface area contributed by atoms with Gasteiger partial charge in [0.15, 0.2) is 11.7 Å². The molecule has 82 valence electrons. The van der Waals surface area contributed by atoms with E-state index in [4.69, 9.17) is 9.52 Å². The van der Waals surface area contributed by atoms with Gasteiger partial charge in [-0.25, -0.2) is 14.8 Å². The van der Waals surface area contributed by atoms with Crippen LogP contribution in [-0.2, 0) is 0 Å². The van der Waals surface area contributed by atoms with E-state index in [1.165, 1.54) is 6.26 Å². The summed E-state index contributed by atoms with van der Waals surface area (Å²) in [5.74, 6) is -0.719. The summed E-state index contributed by atoms with van der Waals surface area (Å²) in [6.07, 6.45) is 2.31. The molecule has 0 fully saturated rings. The van der Waals surface area contributed by atoms with E-state index in [9.17, 15) is 9.59 Å². The van der Waals surface area contributed by atoms with Crippen LogP contribution in [0.25, 0.3) is 11.5 Å². The Labute approximate surface area is 88.8 Å². The van der Waals surface area contributed by atoms with Gasteiger partial charge in [0.05, 0.1) is 0 Å². The molecular formula is C9H7N3O4. The van der Waals surface area contributed by atoms with Crippen molar-refractivity contribution in [3.05, 3.63) is 34.3 Å². The van der Waals surface area contributed by atoms with Gasteiger partial charge in [-0.2, -0.15) is 0 Å². The number of aryl methyl sites for hydroxylation is 1. The van der Waals surface area contributed by atoms with Crippen molar-refractivity contribution in [2.75, 3.05) is 0 Å². The number of nitrogens with zero attached hydrogens (tertiary/aromatic N) is 2. The van der Waals surface area contributed by atoms with Crippen molar-refractivity contribution in [3.8, 4) is 11.5 Å². The molecule has 0 aliphatic carbocycles. The van der Waals surface area contributed by atoms with E-state index >= 15 is 0 Å². The Morgan fingerprint density at radius 2 is 2.31 bits per heavy atom. The highest BCUT2D eigenvalue weighted by Gasteiger charge is 2.12. The summed E-state index contributed by atoms with van der Waals surface area (Å²) in [6.45, 7) is 1.65. The van der Waals surface area contributed by atoms with Crippen LogP contribution in [0.4, 0.5) is 0 Å². The number of nitrogens with one attached hydrogen (secondary N) is 1. The first-order valence-electron chi connectivity index (χ1n) is 4.33. The molecule has 0 aromatic carbocycles. The fourth-order valence-corrected chi connectivity index (χ4v) is 1.15. The number of hydrogen-bond acceptors (Lipinski definition) is 5. The zero-order valence-corrected chi connectivity index (χ0v) is 8.22. The highest BCUT2D eigenvalue weighted by molar-refractivity contribution is 5.86. The molecule has 0 spiro atoms. The number of carbonyl (C=O) groups is 1. The minimum Gasteiger partial charge on any atom is -0.477 e. The van der Waals surface area contributed by atoms with Crippen molar-refractivity contribution >= 4 is 5.97 Å². The highest BCUT2D eigenvalue weighted by Crippen LogP contribution is 2.11. The average Bonchev–Trinajstić information content (AvgIpc) is 2.64. The van der Waals surface area contributed by atoms with Gasteiger partial charge in [0.1, 0.15) is 17.5 Å². The summed E-state index contributed by atoms with van der Waals surface area (Å²) < 4.78 is 4.95. The summed E-state index contributed by atoms with van der Waals surface area (Å²) in [5, 5.41) is 8.64. The second kappa shape index (κ2) is 3.61. The summed E-state index contributed by atoms with van der Waals surface area (Å²) in [7, 11) is 0. The number of carboxylic acids is 1. The Balaban J connectivity index is 2.50. The molecule has 0 atom stereocenters. The van der Waals surface area contributed by atoms with Crippen molar-refractivity contribution in [1.82, 2.24) is 15.0 Å². The molecule has 2 rings (SSSR count). The van der Waals surface area contributed by atoms with Crippen molar-refractivity contribution in [2.45, 2.75) is 6.92 Å². The number of oxazole rings is 1. The quantitative estimate of drug-likeness (QED) is 0.761. The molecule has 2 aromatic heterocycles. The third kappa shape index (κ3) is 1.70. The lowest BCUT2D eigenvalue weighted by Gasteiger charge is -1.95. The van der Waals surface area contributed by atoms with Gasteiger partial charge in [0.25, 0.3) is 5.56 Å². The van der Waals surface area contributed by atoms with Gasteiger partial charge in [-0.1, -0.05) is 0 Å². The predicted octanol–water partition coefficient (Wildman–Crippen LogP) is 0.432. The van der Waals surface area contributed by atoms with Crippen LogP contribution in [0.5, 0.6) is 0 Å². The van der Waals surface area contributed by atoms with Crippen molar-refractivity contribution in [1.29, 1.82) is 0 Å². The molecule has 0 aliphatic rings. The minimum atomic E-state index is -1.32. The van der Waals surface area contributed by atoms with Crippen LogP contribution in [-0.4, -0.2) is 26.0 Å². The van der Waals surface area contributed by atoms with Crippen LogP contribution >= 0.6 is 0 Å². The van der Waals surface area contributed by atoms with Crippen LogP contribution in [0, 0.1) is 6.92 Å². The average molecular weight is 221 g/mol. The molecule has 2 aromatic rings. The minimum absolute atomic E-state index is 0.173. The lowest BCUT2D eigenvalue weighted by molar-refractivity contribution is 0.0694. The number of rotatable bonds is 2. The van der Waals surface area contributed by atoms with E-state index in [-0.39, 0.29) is 5.82 Å². The Bertz CT molecular complexity index is 599. The first-order valence-corrected chi connectivity index (χ1v) is 4.33. The maximum absolute atomic E-state index is 11.3. The topological polar surface area (TPSA) is 109 Å². The molecule has 0 bridgehead atoms. The number of aromatic carboxylic acids is 1. The SMILES string of the molecule is Cc1nc(-c2ncc(C(=O)O)c(=O)[nH]2)co1. The highest BCUT2D eigenvalue weighted by atomic mass is 16.4. The summed E-state index contributed by atoms with van der Waals surface area (Å²) in [4.78, 5) is 32.0. The molecule has 2 N–H and O–H groups in total. The van der Waals surface area contributed by atoms with E-state index in [1.807, 2.05) is 0 Å². The largest absolute Gasteiger partial charge is 0.477 e. The molecule has 0 saturated heterocycles. The molecule has 7 heteroatoms. The molecule has 0 saturated carbocycles. The van der Waals surface area contributed by atoms with E-state index in [2.05, 4.69) is 15.0 Å². The molecular weight excluding hydrogens is 214 g/mol. The molecule has 0 aliphatic heterocycles. The van der Waals surface area contributed by atoms with Gasteiger partial charge in [-0.05, 0) is 0 Å². The number of aromatic amines is 1. The Morgan fingerprint density at radius 1 is 1.56 bits per heavy atom. The monoisotopic (exact) mass is 221 g/mol. The van der Waals surface area contributed by atoms with Crippen molar-refractivity contribution in [3.63, 3.8) is 0 Å². The van der Waals surface area contributed by atoms with Crippen molar-refractivity contribution in [2.24, 2.45) is 0 Å². The third-order valence-electron chi connectivity index (χ3n) is 1.89. The fourth-order valence-electron chi connectivity index (χ4n) is 1.15. The fraction of sp³-hybridized carbons (Fsp3) is 0.111. The number of carboxylic acid groups (broad SMARTS) is 1. The summed E-state index contributed by atoms with van der Waals surface area (Å²) in [5.41, 5.74) is -0.784. The molecule has 7 nitrogen and oxygen atoms in total. The normalized spacial score (nSPS) is 10.3. The lowest BCUT2D eigenvalue weighted by Crippen LogP contribution is -2.18. The number of aromatic nitrogens is 3. The first kappa shape index (κ1) is 10.1. The number of H-pyrrole nitrogens is 1. The van der Waals surface area contributed by atoms with Gasteiger partial charge in [0, 0.05) is 13.1 Å². The van der Waals surface area contributed by atoms with Crippen LogP contribution < -0.4 is 5.56 Å². The third-order valence-corrected chi connectivity index (χ3v) is 1.89. The summed E-state index contributed by atoms with van der Waals surface area (Å²) >= 11 is 0. The van der Waals surface area contributed by atoms with Crippen LogP contribution in [0.1, 0.15) is 16.2 Å². The maximum Gasteiger partial charge on any atom is 0.342 e. The van der Waals surface area contributed by atoms with Crippen LogP contribution in [0.3, 0.4) is 0 Å². The maximum atomic E-state index is 11.3. The van der Waals surface area contributed by atoms with Gasteiger partial charge in [0.2, 0.25) is 0 Å². The molecule has 2 heterocycles. The second-order valence-electron chi connectivity index (χ2n) is 3.03. The van der Waals surface area contributed by atoms with Gasteiger partial charge in [-0.3, -0.25) is 4.79 Å². The molecule has 0 radical (unpaired) electrons. The Hall–Kier alpha value is -2.44. The first-order chi connectivity index (χ1) is 7.58. The van der Waals surface area contributed by atoms with Crippen LogP contribution in [0.2, 0.25) is 0 Å². The second-order valence-corrected chi connectivity index (χ2v) is 3.03. The van der Waals surface area contributed by atoms with Gasteiger partial charge in [-0.15, -0.1) is 0 Å². The summed E-state index contributed by atoms with van der Waals surface area (Å²) in [6, 6.07) is 0. The van der Waals surface area contributed by atoms with E-state index in [1.54, 1.807) is 6.92 Å². The molecule has 0 amide bonds. The molecule has 16 heavy (non-hydrogen) atoms. The zero-order chi connectivity index (χ0) is 11.7. The Morgan fingerprint density at radius 3 is 2.81 bits per heavy atom. The zero-order valence-electron chi connectivity index (χ0n) is 8.22. The van der Waals surface area contributed by atoms with E-state index < -0.39 is 17.1 Å². The number of hydrogen-bond donors (Lipinski definition) is 2. The smallest absolute Gasteiger partial charge is 0.342 e. The van der Waals surface area contributed by atoms with Gasteiger partial charge < -0.3 is 14.5 Å². The van der Waals surface area contributed by atoms with Gasteiger partial charge >= 0.3 is 5.97 Å².